The molecule has 10 nitrogen and oxygen atoms in total. The standard InChI is InChI=1S/C21H25N5O5/c1-7-30-18(27)15-11-14(12(2)22-17(15)29-6)13-8-9-26-16(10-13)23-19(25-26)24-20(28)31-21(3,4)5/h8-11H,7H2,1-6H3,(H,24,25,28)/i1D3,6D3. The zero-order valence-electron chi connectivity index (χ0n) is 23.3. The molecule has 0 spiro atoms. The van der Waals surface area contributed by atoms with Crippen molar-refractivity contribution in [3.63, 3.8) is 0 Å². The summed E-state index contributed by atoms with van der Waals surface area (Å²) in [5.74, 6) is -1.64. The van der Waals surface area contributed by atoms with Crippen molar-refractivity contribution in [2.24, 2.45) is 0 Å². The molecule has 31 heavy (non-hydrogen) atoms. The predicted molar refractivity (Wildman–Crippen MR) is 113 cm³/mol. The smallest absolute Gasteiger partial charge is 0.414 e. The van der Waals surface area contributed by atoms with E-state index in [1.807, 2.05) is 0 Å². The number of hydrogen-bond acceptors (Lipinski definition) is 8. The van der Waals surface area contributed by atoms with E-state index in [0.717, 1.165) is 0 Å². The highest BCUT2D eigenvalue weighted by atomic mass is 16.6. The van der Waals surface area contributed by atoms with E-state index in [1.165, 1.54) is 10.6 Å². The molecular formula is C21H25N5O5. The first kappa shape index (κ1) is 15.2. The number of methoxy groups -OCH3 is 1. The summed E-state index contributed by atoms with van der Waals surface area (Å²) in [4.78, 5) is 33.0. The van der Waals surface area contributed by atoms with Crippen LogP contribution < -0.4 is 10.1 Å². The molecule has 0 bridgehead atoms. The van der Waals surface area contributed by atoms with Crippen molar-refractivity contribution in [1.29, 1.82) is 0 Å². The number of hydrogen-bond donors (Lipinski definition) is 1. The molecule has 164 valence electrons. The zero-order valence-corrected chi connectivity index (χ0v) is 17.3. The molecule has 0 saturated carbocycles. The van der Waals surface area contributed by atoms with Crippen LogP contribution in [0.5, 0.6) is 5.88 Å². The number of rotatable bonds is 5. The lowest BCUT2D eigenvalue weighted by molar-refractivity contribution is 0.0521. The molecule has 1 N–H and O–H groups in total. The van der Waals surface area contributed by atoms with Gasteiger partial charge in [0.25, 0.3) is 5.95 Å². The van der Waals surface area contributed by atoms with Gasteiger partial charge in [0.2, 0.25) is 5.88 Å². The van der Waals surface area contributed by atoms with Gasteiger partial charge in [-0.25, -0.2) is 19.1 Å². The van der Waals surface area contributed by atoms with Crippen molar-refractivity contribution in [1.82, 2.24) is 19.6 Å². The number of nitrogens with zero attached hydrogens (tertiary/aromatic N) is 4. The van der Waals surface area contributed by atoms with Gasteiger partial charge in [0.1, 0.15) is 11.2 Å². The number of carbonyl (C=O) groups excluding carboxylic acids is 2. The molecule has 0 saturated heterocycles. The van der Waals surface area contributed by atoms with Gasteiger partial charge in [-0.3, -0.25) is 5.32 Å². The van der Waals surface area contributed by atoms with Gasteiger partial charge in [-0.15, -0.1) is 5.10 Å². The van der Waals surface area contributed by atoms with Gasteiger partial charge in [0, 0.05) is 21.6 Å². The van der Waals surface area contributed by atoms with Crippen LogP contribution in [0.2, 0.25) is 0 Å². The Bertz CT molecular complexity index is 1330. The quantitative estimate of drug-likeness (QED) is 0.606. The lowest BCUT2D eigenvalue weighted by atomic mass is 10.0. The number of esters is 1. The summed E-state index contributed by atoms with van der Waals surface area (Å²) in [6.45, 7) is 3.28. The Hall–Kier alpha value is -3.69. The van der Waals surface area contributed by atoms with Crippen LogP contribution in [0.25, 0.3) is 16.8 Å². The molecule has 0 fully saturated rings. The highest BCUT2D eigenvalue weighted by molar-refractivity contribution is 5.93. The summed E-state index contributed by atoms with van der Waals surface area (Å²) >= 11 is 0. The van der Waals surface area contributed by atoms with Gasteiger partial charge < -0.3 is 14.2 Å². The third-order valence-corrected chi connectivity index (χ3v) is 3.96. The first-order valence-corrected chi connectivity index (χ1v) is 9.15. The van der Waals surface area contributed by atoms with Gasteiger partial charge in [-0.2, -0.15) is 4.98 Å². The second kappa shape index (κ2) is 8.58. The van der Waals surface area contributed by atoms with Crippen LogP contribution >= 0.6 is 0 Å². The minimum atomic E-state index is -2.92. The maximum atomic E-state index is 12.7. The number of aromatic nitrogens is 4. The van der Waals surface area contributed by atoms with Crippen LogP contribution in [-0.2, 0) is 9.47 Å². The van der Waals surface area contributed by atoms with E-state index in [-0.39, 0.29) is 11.5 Å². The van der Waals surface area contributed by atoms with Crippen LogP contribution in [0.4, 0.5) is 10.7 Å². The summed E-state index contributed by atoms with van der Waals surface area (Å²) in [5, 5.41) is 6.60. The number of nitrogens with one attached hydrogen (secondary N) is 1. The number of anilines is 1. The zero-order chi connectivity index (χ0) is 27.8. The van der Waals surface area contributed by atoms with Gasteiger partial charge in [-0.05, 0) is 58.3 Å². The van der Waals surface area contributed by atoms with Crippen LogP contribution in [0.3, 0.4) is 0 Å². The lowest BCUT2D eigenvalue weighted by Crippen LogP contribution is -2.27. The fourth-order valence-corrected chi connectivity index (χ4v) is 2.74. The molecule has 3 heterocycles. The Morgan fingerprint density at radius 2 is 2.06 bits per heavy atom. The van der Waals surface area contributed by atoms with Gasteiger partial charge >= 0.3 is 12.1 Å². The molecule has 1 amide bonds. The number of aryl methyl sites for hydroxylation is 1. The fraction of sp³-hybridized carbons (Fsp3) is 0.381. The molecule has 0 unspecified atom stereocenters. The van der Waals surface area contributed by atoms with E-state index in [1.54, 1.807) is 46.0 Å². The minimum absolute atomic E-state index is 0.00314. The van der Waals surface area contributed by atoms with E-state index in [9.17, 15) is 9.59 Å². The normalized spacial score (nSPS) is 15.0. The minimum Gasteiger partial charge on any atom is -0.480 e. The molecular weight excluding hydrogens is 402 g/mol. The van der Waals surface area contributed by atoms with Crippen LogP contribution in [-0.4, -0.2) is 50.9 Å². The molecule has 0 atom stereocenters. The Morgan fingerprint density at radius 1 is 1.26 bits per heavy atom. The molecule has 3 aromatic heterocycles. The average Bonchev–Trinajstić information content (AvgIpc) is 3.10. The molecule has 3 aromatic rings. The fourth-order valence-electron chi connectivity index (χ4n) is 2.74. The van der Waals surface area contributed by atoms with Crippen LogP contribution in [0.15, 0.2) is 24.4 Å². The highest BCUT2D eigenvalue weighted by Crippen LogP contribution is 2.29. The molecule has 3 rings (SSSR count). The van der Waals surface area contributed by atoms with Gasteiger partial charge in [0.15, 0.2) is 5.65 Å². The van der Waals surface area contributed by atoms with Crippen molar-refractivity contribution in [3.8, 4) is 17.0 Å². The number of amides is 1. The summed E-state index contributed by atoms with van der Waals surface area (Å²) in [6, 6.07) is 4.53. The predicted octanol–water partition coefficient (Wildman–Crippen LogP) is 3.63. The second-order valence-corrected chi connectivity index (χ2v) is 7.43. The number of pyridine rings is 2. The molecule has 0 aliphatic rings. The van der Waals surface area contributed by atoms with Crippen molar-refractivity contribution < 1.29 is 32.0 Å². The lowest BCUT2D eigenvalue weighted by Gasteiger charge is -2.18. The van der Waals surface area contributed by atoms with Crippen molar-refractivity contribution in [2.75, 3.05) is 19.0 Å². The molecule has 0 aliphatic carbocycles. The highest BCUT2D eigenvalue weighted by Gasteiger charge is 2.20. The number of ether oxygens (including phenoxy) is 3. The third-order valence-electron chi connectivity index (χ3n) is 3.96. The van der Waals surface area contributed by atoms with Crippen molar-refractivity contribution in [3.05, 3.63) is 35.7 Å². The molecule has 0 aromatic carbocycles. The third kappa shape index (κ3) is 5.08. The van der Waals surface area contributed by atoms with Crippen LogP contribution in [0.1, 0.15) is 51.9 Å². The maximum Gasteiger partial charge on any atom is 0.414 e. The average molecular weight is 433 g/mol. The Labute approximate surface area is 188 Å². The second-order valence-electron chi connectivity index (χ2n) is 7.43. The topological polar surface area (TPSA) is 117 Å². The first-order valence-electron chi connectivity index (χ1n) is 12.1. The Balaban J connectivity index is 1.98. The van der Waals surface area contributed by atoms with Crippen LogP contribution in [0, 0.1) is 6.92 Å². The SMILES string of the molecule is [2H]C([2H])([2H])COC(=O)c1cc(-c2ccn3nc(NC(=O)OC(C)(C)C)nc3c2)c(C)nc1OC([2H])([2H])[2H]. The summed E-state index contributed by atoms with van der Waals surface area (Å²) in [7, 11) is -2.92. The first-order chi connectivity index (χ1) is 16.9. The largest absolute Gasteiger partial charge is 0.480 e. The van der Waals surface area contributed by atoms with Gasteiger partial charge in [0.05, 0.1) is 17.8 Å². The van der Waals surface area contributed by atoms with E-state index in [2.05, 4.69) is 20.4 Å². The van der Waals surface area contributed by atoms with E-state index < -0.39 is 44.0 Å². The molecule has 10 heteroatoms. The van der Waals surface area contributed by atoms with Crippen molar-refractivity contribution >= 4 is 23.7 Å². The Kier molecular flexibility index (Phi) is 4.20. The molecule has 0 aliphatic heterocycles. The summed E-state index contributed by atoms with van der Waals surface area (Å²) in [5.41, 5.74) is 0.470. The summed E-state index contributed by atoms with van der Waals surface area (Å²) < 4.78 is 60.1. The maximum absolute atomic E-state index is 12.7. The monoisotopic (exact) mass is 433 g/mol. The molecule has 0 radical (unpaired) electrons. The Morgan fingerprint density at radius 3 is 2.77 bits per heavy atom. The number of fused-ring (bicyclic) bond motifs is 1. The van der Waals surface area contributed by atoms with Gasteiger partial charge in [-0.1, -0.05) is 0 Å². The van der Waals surface area contributed by atoms with E-state index in [0.29, 0.717) is 22.5 Å². The van der Waals surface area contributed by atoms with E-state index in [4.69, 9.17) is 22.4 Å². The van der Waals surface area contributed by atoms with E-state index >= 15 is 0 Å². The number of carbonyl (C=O) groups is 2. The summed E-state index contributed by atoms with van der Waals surface area (Å²) in [6.07, 6.45) is 0.824. The van der Waals surface area contributed by atoms with Crippen molar-refractivity contribution in [2.45, 2.75) is 40.1 Å².